The molecule has 2 N–H and O–H groups in total. The quantitative estimate of drug-likeness (QED) is 0.848. The average Bonchev–Trinajstić information content (AvgIpc) is 2.48. The molecule has 0 radical (unpaired) electrons. The van der Waals surface area contributed by atoms with Crippen molar-refractivity contribution < 1.29 is 9.53 Å². The lowest BCUT2D eigenvalue weighted by atomic mass is 9.90. The standard InChI is InChI=1S/C15H21BrN2O2.ClH/c1-11(12-3-5-13(16)6-4-12)18-14(19)15(20-2)7-9-17-10-8-15;/h3-6,11,17H,7-10H2,1-2H3,(H,18,19);1H. The van der Waals surface area contributed by atoms with Crippen molar-refractivity contribution in [1.29, 1.82) is 0 Å². The second-order valence-corrected chi connectivity index (χ2v) is 6.11. The molecule has 118 valence electrons. The molecule has 1 atom stereocenters. The Morgan fingerprint density at radius 2 is 1.90 bits per heavy atom. The van der Waals surface area contributed by atoms with Gasteiger partial charge in [0.2, 0.25) is 0 Å². The molecule has 0 aromatic heterocycles. The largest absolute Gasteiger partial charge is 0.368 e. The summed E-state index contributed by atoms with van der Waals surface area (Å²) in [6.07, 6.45) is 1.42. The van der Waals surface area contributed by atoms with Crippen LogP contribution in [0.4, 0.5) is 0 Å². The van der Waals surface area contributed by atoms with Crippen molar-refractivity contribution in [3.05, 3.63) is 34.3 Å². The molecule has 1 unspecified atom stereocenters. The van der Waals surface area contributed by atoms with Gasteiger partial charge in [0.15, 0.2) is 0 Å². The molecule has 1 aliphatic rings. The number of hydrogen-bond acceptors (Lipinski definition) is 3. The van der Waals surface area contributed by atoms with Crippen LogP contribution in [0, 0.1) is 0 Å². The molecule has 1 aromatic carbocycles. The fourth-order valence-electron chi connectivity index (χ4n) is 2.52. The number of hydrogen-bond donors (Lipinski definition) is 2. The van der Waals surface area contributed by atoms with Crippen LogP contribution >= 0.6 is 28.3 Å². The third-order valence-corrected chi connectivity index (χ3v) is 4.46. The highest BCUT2D eigenvalue weighted by Crippen LogP contribution is 2.24. The summed E-state index contributed by atoms with van der Waals surface area (Å²) < 4.78 is 6.57. The first-order chi connectivity index (χ1) is 9.57. The number of amides is 1. The summed E-state index contributed by atoms with van der Waals surface area (Å²) >= 11 is 3.41. The summed E-state index contributed by atoms with van der Waals surface area (Å²) in [5.41, 5.74) is 0.399. The third-order valence-electron chi connectivity index (χ3n) is 3.93. The van der Waals surface area contributed by atoms with Gasteiger partial charge in [-0.15, -0.1) is 12.4 Å². The molecule has 0 spiro atoms. The maximum atomic E-state index is 12.5. The van der Waals surface area contributed by atoms with Gasteiger partial charge in [0.25, 0.3) is 5.91 Å². The van der Waals surface area contributed by atoms with Crippen molar-refractivity contribution in [3.8, 4) is 0 Å². The zero-order chi connectivity index (χ0) is 14.6. The van der Waals surface area contributed by atoms with Gasteiger partial charge in [-0.3, -0.25) is 4.79 Å². The molecular formula is C15H22BrClN2O2. The molecule has 1 amide bonds. The molecule has 4 nitrogen and oxygen atoms in total. The topological polar surface area (TPSA) is 50.4 Å². The average molecular weight is 378 g/mol. The van der Waals surface area contributed by atoms with Crippen molar-refractivity contribution in [2.45, 2.75) is 31.4 Å². The monoisotopic (exact) mass is 376 g/mol. The number of halogens is 2. The maximum absolute atomic E-state index is 12.5. The summed E-state index contributed by atoms with van der Waals surface area (Å²) in [6, 6.07) is 7.95. The Morgan fingerprint density at radius 1 is 1.33 bits per heavy atom. The molecule has 1 aliphatic heterocycles. The second kappa shape index (κ2) is 8.13. The zero-order valence-corrected chi connectivity index (χ0v) is 14.7. The van der Waals surface area contributed by atoms with E-state index in [0.29, 0.717) is 12.8 Å². The predicted octanol–water partition coefficient (Wildman–Crippen LogP) is 2.82. The molecule has 2 rings (SSSR count). The highest BCUT2D eigenvalue weighted by Gasteiger charge is 2.40. The van der Waals surface area contributed by atoms with E-state index in [2.05, 4.69) is 26.6 Å². The molecule has 21 heavy (non-hydrogen) atoms. The fourth-order valence-corrected chi connectivity index (χ4v) is 2.78. The minimum atomic E-state index is -0.686. The lowest BCUT2D eigenvalue weighted by molar-refractivity contribution is -0.147. The molecular weight excluding hydrogens is 356 g/mol. The Bertz CT molecular complexity index is 461. The van der Waals surface area contributed by atoms with Crippen LogP contribution in [0.1, 0.15) is 31.4 Å². The van der Waals surface area contributed by atoms with Crippen LogP contribution < -0.4 is 10.6 Å². The summed E-state index contributed by atoms with van der Waals surface area (Å²) in [5.74, 6) is -0.0167. The summed E-state index contributed by atoms with van der Waals surface area (Å²) in [7, 11) is 1.62. The fraction of sp³-hybridized carbons (Fsp3) is 0.533. The molecule has 0 saturated carbocycles. The summed E-state index contributed by atoms with van der Waals surface area (Å²) in [6.45, 7) is 3.62. The number of piperidine rings is 1. The Balaban J connectivity index is 0.00000220. The van der Waals surface area contributed by atoms with Gasteiger partial charge in [-0.25, -0.2) is 0 Å². The van der Waals surface area contributed by atoms with E-state index < -0.39 is 5.60 Å². The molecule has 1 saturated heterocycles. The Kier molecular flexibility index (Phi) is 7.13. The smallest absolute Gasteiger partial charge is 0.252 e. The number of carbonyl (C=O) groups is 1. The molecule has 1 heterocycles. The predicted molar refractivity (Wildman–Crippen MR) is 89.8 cm³/mol. The van der Waals surface area contributed by atoms with Gasteiger partial charge in [-0.2, -0.15) is 0 Å². The van der Waals surface area contributed by atoms with E-state index in [1.165, 1.54) is 0 Å². The van der Waals surface area contributed by atoms with E-state index in [0.717, 1.165) is 23.1 Å². The van der Waals surface area contributed by atoms with E-state index in [1.807, 2.05) is 31.2 Å². The maximum Gasteiger partial charge on any atom is 0.252 e. The minimum absolute atomic E-state index is 0. The van der Waals surface area contributed by atoms with E-state index in [1.54, 1.807) is 7.11 Å². The zero-order valence-electron chi connectivity index (χ0n) is 12.3. The van der Waals surface area contributed by atoms with E-state index in [-0.39, 0.29) is 24.4 Å². The second-order valence-electron chi connectivity index (χ2n) is 5.20. The van der Waals surface area contributed by atoms with Crippen molar-refractivity contribution in [2.24, 2.45) is 0 Å². The van der Waals surface area contributed by atoms with Gasteiger partial charge < -0.3 is 15.4 Å². The van der Waals surface area contributed by atoms with Crippen molar-refractivity contribution in [3.63, 3.8) is 0 Å². The highest BCUT2D eigenvalue weighted by molar-refractivity contribution is 9.10. The van der Waals surface area contributed by atoms with Crippen molar-refractivity contribution >= 4 is 34.2 Å². The first kappa shape index (κ1) is 18.4. The summed E-state index contributed by atoms with van der Waals surface area (Å²) in [4.78, 5) is 12.5. The van der Waals surface area contributed by atoms with E-state index in [4.69, 9.17) is 4.74 Å². The number of rotatable bonds is 4. The van der Waals surface area contributed by atoms with Gasteiger partial charge in [0, 0.05) is 11.6 Å². The van der Waals surface area contributed by atoms with Crippen LogP contribution in [-0.4, -0.2) is 31.7 Å². The normalized spacial score (nSPS) is 18.4. The molecule has 6 heteroatoms. The SMILES string of the molecule is COC1(C(=O)NC(C)c2ccc(Br)cc2)CCNCC1.Cl. The molecule has 0 aliphatic carbocycles. The van der Waals surface area contributed by atoms with Crippen LogP contribution in [0.2, 0.25) is 0 Å². The van der Waals surface area contributed by atoms with Gasteiger partial charge in [0.05, 0.1) is 6.04 Å². The number of ether oxygens (including phenoxy) is 1. The lowest BCUT2D eigenvalue weighted by Crippen LogP contribution is -2.54. The molecule has 1 aromatic rings. The summed E-state index contributed by atoms with van der Waals surface area (Å²) in [5, 5.41) is 6.32. The number of carbonyl (C=O) groups excluding carboxylic acids is 1. The molecule has 1 fully saturated rings. The molecule has 0 bridgehead atoms. The lowest BCUT2D eigenvalue weighted by Gasteiger charge is -2.35. The first-order valence-corrected chi connectivity index (χ1v) is 7.69. The van der Waals surface area contributed by atoms with Crippen LogP contribution in [0.25, 0.3) is 0 Å². The Labute approximate surface area is 140 Å². The highest BCUT2D eigenvalue weighted by atomic mass is 79.9. The minimum Gasteiger partial charge on any atom is -0.368 e. The van der Waals surface area contributed by atoms with Crippen LogP contribution in [0.3, 0.4) is 0 Å². The third kappa shape index (κ3) is 4.42. The van der Waals surface area contributed by atoms with Gasteiger partial charge in [0.1, 0.15) is 5.60 Å². The van der Waals surface area contributed by atoms with E-state index >= 15 is 0 Å². The van der Waals surface area contributed by atoms with Crippen LogP contribution in [-0.2, 0) is 9.53 Å². The first-order valence-electron chi connectivity index (χ1n) is 6.90. The van der Waals surface area contributed by atoms with Crippen molar-refractivity contribution in [1.82, 2.24) is 10.6 Å². The van der Waals surface area contributed by atoms with Gasteiger partial charge in [-0.1, -0.05) is 28.1 Å². The van der Waals surface area contributed by atoms with Gasteiger partial charge in [-0.05, 0) is 50.6 Å². The van der Waals surface area contributed by atoms with E-state index in [9.17, 15) is 4.79 Å². The Hall–Kier alpha value is -0.620. The van der Waals surface area contributed by atoms with Crippen LogP contribution in [0.5, 0.6) is 0 Å². The number of methoxy groups -OCH3 is 1. The number of benzene rings is 1. The number of nitrogens with one attached hydrogen (secondary N) is 2. The van der Waals surface area contributed by atoms with Crippen molar-refractivity contribution in [2.75, 3.05) is 20.2 Å². The Morgan fingerprint density at radius 3 is 2.43 bits per heavy atom. The van der Waals surface area contributed by atoms with Crippen LogP contribution in [0.15, 0.2) is 28.7 Å². The van der Waals surface area contributed by atoms with Gasteiger partial charge >= 0.3 is 0 Å².